The van der Waals surface area contributed by atoms with Crippen molar-refractivity contribution >= 4 is 11.8 Å². The van der Waals surface area contributed by atoms with Crippen LogP contribution in [0.5, 0.6) is 0 Å². The van der Waals surface area contributed by atoms with Gasteiger partial charge in [-0.15, -0.1) is 0 Å². The minimum absolute atomic E-state index is 0.454. The average Bonchev–Trinajstić information content (AvgIpc) is 3.00. The number of aromatic nitrogens is 1. The predicted molar refractivity (Wildman–Crippen MR) is 116 cm³/mol. The number of nitrogens with one attached hydrogen (secondary N) is 2. The summed E-state index contributed by atoms with van der Waals surface area (Å²) < 4.78 is 6.06. The molecule has 3 rings (SSSR count). The number of hydrogen-bond acceptors (Lipinski definition) is 4. The van der Waals surface area contributed by atoms with Crippen molar-refractivity contribution in [3.63, 3.8) is 0 Å². The third-order valence-electron chi connectivity index (χ3n) is 5.83. The summed E-state index contributed by atoms with van der Waals surface area (Å²) >= 11 is 0. The van der Waals surface area contributed by atoms with Crippen LogP contribution in [0.15, 0.2) is 23.3 Å². The van der Waals surface area contributed by atoms with Gasteiger partial charge in [0.2, 0.25) is 0 Å². The zero-order valence-corrected chi connectivity index (χ0v) is 17.6. The van der Waals surface area contributed by atoms with Crippen molar-refractivity contribution in [1.29, 1.82) is 0 Å². The zero-order chi connectivity index (χ0) is 19.6. The standard InChI is InChI=1S/C22H37N5O/c1-18-9-10-21(25-17-18)27-14-11-19(12-15-27)26-22(23-2)24-13-16-28-20-7-5-3-4-6-8-20/h9-10,17,19-20H,3-8,11-16H2,1-2H3,(H2,23,24,26). The first kappa shape index (κ1) is 20.9. The molecule has 2 heterocycles. The Morgan fingerprint density at radius 2 is 1.89 bits per heavy atom. The molecule has 6 nitrogen and oxygen atoms in total. The van der Waals surface area contributed by atoms with Gasteiger partial charge in [-0.25, -0.2) is 4.98 Å². The lowest BCUT2D eigenvalue weighted by Gasteiger charge is -2.33. The molecule has 1 saturated heterocycles. The lowest BCUT2D eigenvalue weighted by Crippen LogP contribution is -2.49. The van der Waals surface area contributed by atoms with Crippen LogP contribution < -0.4 is 15.5 Å². The molecule has 2 N–H and O–H groups in total. The van der Waals surface area contributed by atoms with Crippen molar-refractivity contribution in [1.82, 2.24) is 15.6 Å². The molecule has 6 heteroatoms. The first-order valence-electron chi connectivity index (χ1n) is 11.0. The van der Waals surface area contributed by atoms with E-state index in [0.29, 0.717) is 12.1 Å². The second kappa shape index (κ2) is 11.2. The Morgan fingerprint density at radius 1 is 1.14 bits per heavy atom. The van der Waals surface area contributed by atoms with Gasteiger partial charge in [0, 0.05) is 38.9 Å². The summed E-state index contributed by atoms with van der Waals surface area (Å²) in [5.41, 5.74) is 1.21. The molecule has 28 heavy (non-hydrogen) atoms. The maximum Gasteiger partial charge on any atom is 0.191 e. The molecule has 1 saturated carbocycles. The van der Waals surface area contributed by atoms with Gasteiger partial charge in [0.1, 0.15) is 5.82 Å². The Labute approximate surface area is 170 Å². The summed E-state index contributed by atoms with van der Waals surface area (Å²) in [6.45, 7) is 5.68. The number of piperidine rings is 1. The Kier molecular flexibility index (Phi) is 8.40. The molecular weight excluding hydrogens is 350 g/mol. The average molecular weight is 388 g/mol. The highest BCUT2D eigenvalue weighted by atomic mass is 16.5. The summed E-state index contributed by atoms with van der Waals surface area (Å²) in [5, 5.41) is 6.98. The largest absolute Gasteiger partial charge is 0.376 e. The lowest BCUT2D eigenvalue weighted by molar-refractivity contribution is 0.0468. The number of nitrogens with zero attached hydrogens (tertiary/aromatic N) is 3. The molecule has 0 radical (unpaired) electrons. The predicted octanol–water partition coefficient (Wildman–Crippen LogP) is 3.26. The topological polar surface area (TPSA) is 61.8 Å². The van der Waals surface area contributed by atoms with E-state index in [9.17, 15) is 0 Å². The number of hydrogen-bond donors (Lipinski definition) is 2. The van der Waals surface area contributed by atoms with E-state index in [4.69, 9.17) is 4.74 Å². The lowest BCUT2D eigenvalue weighted by atomic mass is 10.1. The van der Waals surface area contributed by atoms with E-state index in [0.717, 1.165) is 50.9 Å². The number of guanidine groups is 1. The number of rotatable bonds is 6. The number of ether oxygens (including phenoxy) is 1. The van der Waals surface area contributed by atoms with Gasteiger partial charge in [-0.1, -0.05) is 31.7 Å². The third kappa shape index (κ3) is 6.66. The number of pyridine rings is 1. The number of aliphatic imine (C=N–C) groups is 1. The summed E-state index contributed by atoms with van der Waals surface area (Å²) in [7, 11) is 1.84. The Bertz CT molecular complexity index is 587. The summed E-state index contributed by atoms with van der Waals surface area (Å²) in [5.74, 6) is 1.97. The van der Waals surface area contributed by atoms with Crippen molar-refractivity contribution in [2.45, 2.75) is 70.4 Å². The van der Waals surface area contributed by atoms with Crippen LogP contribution in [-0.4, -0.2) is 56.4 Å². The summed E-state index contributed by atoms with van der Waals surface area (Å²) in [4.78, 5) is 11.3. The first-order valence-corrected chi connectivity index (χ1v) is 11.0. The number of anilines is 1. The van der Waals surface area contributed by atoms with Crippen LogP contribution in [0.4, 0.5) is 5.82 Å². The van der Waals surface area contributed by atoms with Gasteiger partial charge in [0.25, 0.3) is 0 Å². The molecule has 2 fully saturated rings. The minimum Gasteiger partial charge on any atom is -0.376 e. The van der Waals surface area contributed by atoms with Crippen LogP contribution in [0.25, 0.3) is 0 Å². The SMILES string of the molecule is CN=C(NCCOC1CCCCCC1)NC1CCN(c2ccc(C)cn2)CC1. The second-order valence-electron chi connectivity index (χ2n) is 8.08. The molecule has 1 aliphatic heterocycles. The van der Waals surface area contributed by atoms with E-state index in [1.807, 2.05) is 13.2 Å². The van der Waals surface area contributed by atoms with Crippen molar-refractivity contribution in [3.8, 4) is 0 Å². The highest BCUT2D eigenvalue weighted by molar-refractivity contribution is 5.79. The highest BCUT2D eigenvalue weighted by Crippen LogP contribution is 2.20. The van der Waals surface area contributed by atoms with Gasteiger partial charge in [0.15, 0.2) is 5.96 Å². The molecule has 0 unspecified atom stereocenters. The van der Waals surface area contributed by atoms with E-state index < -0.39 is 0 Å². The fourth-order valence-electron chi connectivity index (χ4n) is 4.09. The van der Waals surface area contributed by atoms with Crippen molar-refractivity contribution < 1.29 is 4.74 Å². The highest BCUT2D eigenvalue weighted by Gasteiger charge is 2.21. The smallest absolute Gasteiger partial charge is 0.191 e. The molecule has 0 aromatic carbocycles. The molecular formula is C22H37N5O. The van der Waals surface area contributed by atoms with Crippen LogP contribution in [0.2, 0.25) is 0 Å². The van der Waals surface area contributed by atoms with Gasteiger partial charge < -0.3 is 20.3 Å². The third-order valence-corrected chi connectivity index (χ3v) is 5.83. The van der Waals surface area contributed by atoms with Crippen LogP contribution in [-0.2, 0) is 4.74 Å². The van der Waals surface area contributed by atoms with Gasteiger partial charge in [-0.05, 0) is 44.2 Å². The molecule has 0 amide bonds. The number of aryl methyl sites for hydroxylation is 1. The minimum atomic E-state index is 0.454. The van der Waals surface area contributed by atoms with Crippen LogP contribution in [0.3, 0.4) is 0 Å². The van der Waals surface area contributed by atoms with Crippen molar-refractivity contribution in [2.75, 3.05) is 38.2 Å². The molecule has 0 spiro atoms. The van der Waals surface area contributed by atoms with Gasteiger partial charge in [-0.3, -0.25) is 4.99 Å². The molecule has 0 atom stereocenters. The maximum absolute atomic E-state index is 6.06. The van der Waals surface area contributed by atoms with E-state index in [2.05, 4.69) is 44.6 Å². The molecule has 1 aliphatic carbocycles. The zero-order valence-electron chi connectivity index (χ0n) is 17.6. The van der Waals surface area contributed by atoms with Gasteiger partial charge in [0.05, 0.1) is 12.7 Å². The Hall–Kier alpha value is -1.82. The second-order valence-corrected chi connectivity index (χ2v) is 8.08. The molecule has 2 aliphatic rings. The van der Waals surface area contributed by atoms with E-state index in [1.165, 1.54) is 44.1 Å². The van der Waals surface area contributed by atoms with Crippen molar-refractivity contribution in [3.05, 3.63) is 23.9 Å². The normalized spacial score (nSPS) is 20.1. The van der Waals surface area contributed by atoms with Crippen LogP contribution in [0, 0.1) is 6.92 Å². The van der Waals surface area contributed by atoms with Crippen LogP contribution >= 0.6 is 0 Å². The summed E-state index contributed by atoms with van der Waals surface area (Å²) in [6.07, 6.45) is 12.4. The van der Waals surface area contributed by atoms with Crippen molar-refractivity contribution in [2.24, 2.45) is 4.99 Å². The molecule has 0 bridgehead atoms. The van der Waals surface area contributed by atoms with Gasteiger partial charge >= 0.3 is 0 Å². The van der Waals surface area contributed by atoms with E-state index >= 15 is 0 Å². The fraction of sp³-hybridized carbons (Fsp3) is 0.727. The Morgan fingerprint density at radius 3 is 2.54 bits per heavy atom. The maximum atomic E-state index is 6.06. The molecule has 1 aromatic heterocycles. The van der Waals surface area contributed by atoms with E-state index in [-0.39, 0.29) is 0 Å². The van der Waals surface area contributed by atoms with E-state index in [1.54, 1.807) is 0 Å². The summed E-state index contributed by atoms with van der Waals surface area (Å²) in [6, 6.07) is 4.71. The monoisotopic (exact) mass is 387 g/mol. The van der Waals surface area contributed by atoms with Crippen LogP contribution in [0.1, 0.15) is 56.9 Å². The van der Waals surface area contributed by atoms with Gasteiger partial charge in [-0.2, -0.15) is 0 Å². The quantitative estimate of drug-likeness (QED) is 0.340. The molecule has 156 valence electrons. The molecule has 1 aromatic rings. The fourth-order valence-corrected chi connectivity index (χ4v) is 4.09. The Balaban J connectivity index is 1.33. The first-order chi connectivity index (χ1) is 13.7.